The zero-order chi connectivity index (χ0) is 21.8. The highest BCUT2D eigenvalue weighted by Crippen LogP contribution is 2.47. The first-order chi connectivity index (χ1) is 13.4. The molecule has 5 atom stereocenters. The van der Waals surface area contributed by atoms with Crippen LogP contribution in [0.15, 0.2) is 35.5 Å². The third-order valence-corrected chi connectivity index (χ3v) is 6.93. The minimum absolute atomic E-state index is 0.237. The second-order valence-electron chi connectivity index (χ2n) is 10.2. The van der Waals surface area contributed by atoms with Gasteiger partial charge in [-0.25, -0.2) is 0 Å². The molecule has 0 aromatic rings. The molecule has 0 spiro atoms. The highest BCUT2D eigenvalue weighted by atomic mass is 16.3. The van der Waals surface area contributed by atoms with Gasteiger partial charge in [0.15, 0.2) is 0 Å². The predicted octanol–water partition coefficient (Wildman–Crippen LogP) is 4.93. The molecular weight excluding hydrogens is 360 g/mol. The van der Waals surface area contributed by atoms with E-state index in [0.717, 1.165) is 30.4 Å². The van der Waals surface area contributed by atoms with Crippen LogP contribution in [0.1, 0.15) is 79.6 Å². The minimum Gasteiger partial charge on any atom is -0.393 e. The highest BCUT2D eigenvalue weighted by molar-refractivity contribution is 5.38. The molecule has 0 heterocycles. The van der Waals surface area contributed by atoms with Crippen LogP contribution in [0.25, 0.3) is 0 Å². The van der Waals surface area contributed by atoms with Crippen molar-refractivity contribution < 1.29 is 15.3 Å². The SMILES string of the molecule is C=C1/C(=C\C=C2/CCC[C@](C)([C@H](C)[C@H](C)CC#CC(C)(C)O)C2)C[C@@H](O)C[C@@H]1O. The van der Waals surface area contributed by atoms with Crippen LogP contribution in [0.4, 0.5) is 0 Å². The Kier molecular flexibility index (Phi) is 7.96. The molecule has 29 heavy (non-hydrogen) atoms. The normalized spacial score (nSPS) is 33.3. The highest BCUT2D eigenvalue weighted by Gasteiger charge is 2.36. The fourth-order valence-corrected chi connectivity index (χ4v) is 4.71. The van der Waals surface area contributed by atoms with E-state index in [4.69, 9.17) is 0 Å². The molecule has 0 unspecified atom stereocenters. The molecule has 2 aliphatic carbocycles. The van der Waals surface area contributed by atoms with E-state index >= 15 is 0 Å². The van der Waals surface area contributed by atoms with Crippen molar-refractivity contribution in [2.45, 2.75) is 97.4 Å². The van der Waals surface area contributed by atoms with E-state index < -0.39 is 17.8 Å². The van der Waals surface area contributed by atoms with Crippen LogP contribution in [-0.4, -0.2) is 33.1 Å². The number of hydrogen-bond donors (Lipinski definition) is 3. The molecule has 0 radical (unpaired) electrons. The first-order valence-corrected chi connectivity index (χ1v) is 11.1. The van der Waals surface area contributed by atoms with Crippen molar-refractivity contribution in [3.8, 4) is 11.8 Å². The van der Waals surface area contributed by atoms with Gasteiger partial charge < -0.3 is 15.3 Å². The van der Waals surface area contributed by atoms with Crippen molar-refractivity contribution in [3.63, 3.8) is 0 Å². The second-order valence-corrected chi connectivity index (χ2v) is 10.2. The van der Waals surface area contributed by atoms with Gasteiger partial charge in [0.05, 0.1) is 12.2 Å². The van der Waals surface area contributed by atoms with Gasteiger partial charge in [-0.15, -0.1) is 5.92 Å². The van der Waals surface area contributed by atoms with E-state index in [0.29, 0.717) is 24.7 Å². The zero-order valence-corrected chi connectivity index (χ0v) is 19.0. The molecule has 0 aliphatic heterocycles. The first-order valence-electron chi connectivity index (χ1n) is 11.1. The van der Waals surface area contributed by atoms with Crippen LogP contribution in [0, 0.1) is 29.1 Å². The van der Waals surface area contributed by atoms with Gasteiger partial charge in [-0.1, -0.05) is 51.0 Å². The van der Waals surface area contributed by atoms with Gasteiger partial charge in [-0.3, -0.25) is 0 Å². The Morgan fingerprint density at radius 3 is 2.62 bits per heavy atom. The van der Waals surface area contributed by atoms with Gasteiger partial charge in [-0.2, -0.15) is 0 Å². The molecule has 0 saturated heterocycles. The molecule has 2 rings (SSSR count). The van der Waals surface area contributed by atoms with Crippen LogP contribution in [0.5, 0.6) is 0 Å². The summed E-state index contributed by atoms with van der Waals surface area (Å²) in [6.45, 7) is 14.5. The number of allylic oxidation sites excluding steroid dienone is 3. The van der Waals surface area contributed by atoms with Crippen molar-refractivity contribution in [2.75, 3.05) is 0 Å². The van der Waals surface area contributed by atoms with Gasteiger partial charge in [0.1, 0.15) is 5.60 Å². The fourth-order valence-electron chi connectivity index (χ4n) is 4.71. The van der Waals surface area contributed by atoms with Crippen LogP contribution < -0.4 is 0 Å². The number of aliphatic hydroxyl groups excluding tert-OH is 2. The Morgan fingerprint density at radius 1 is 1.28 bits per heavy atom. The summed E-state index contributed by atoms with van der Waals surface area (Å²) < 4.78 is 0. The summed E-state index contributed by atoms with van der Waals surface area (Å²) >= 11 is 0. The van der Waals surface area contributed by atoms with E-state index in [1.54, 1.807) is 13.8 Å². The molecule has 2 fully saturated rings. The van der Waals surface area contributed by atoms with Crippen LogP contribution >= 0.6 is 0 Å². The lowest BCUT2D eigenvalue weighted by Gasteiger charge is -2.42. The Morgan fingerprint density at radius 2 is 1.97 bits per heavy atom. The standard InChI is InChI=1S/C26H40O3/c1-18(9-7-13-25(4,5)29)20(3)26(6)14-8-10-21(17-26)11-12-22-15-23(27)16-24(28)19(22)2/h11-12,18,20,23-24,27-29H,2,8-10,14-17H2,1,3-6H3/b21-11+,22-12-/t18-,20-,23-,24+,26+/m1/s1. The average Bonchev–Trinajstić information content (AvgIpc) is 2.61. The van der Waals surface area contributed by atoms with Crippen LogP contribution in [0.2, 0.25) is 0 Å². The molecule has 0 aromatic carbocycles. The molecule has 0 bridgehead atoms. The molecule has 3 N–H and O–H groups in total. The Labute approximate surface area is 177 Å². The van der Waals surface area contributed by atoms with Crippen molar-refractivity contribution in [2.24, 2.45) is 17.3 Å². The van der Waals surface area contributed by atoms with Crippen molar-refractivity contribution in [3.05, 3.63) is 35.5 Å². The third kappa shape index (κ3) is 6.85. The van der Waals surface area contributed by atoms with Gasteiger partial charge in [0, 0.05) is 12.8 Å². The van der Waals surface area contributed by atoms with E-state index in [9.17, 15) is 15.3 Å². The third-order valence-electron chi connectivity index (χ3n) is 6.93. The summed E-state index contributed by atoms with van der Waals surface area (Å²) in [4.78, 5) is 0. The summed E-state index contributed by atoms with van der Waals surface area (Å²) in [6.07, 6.45) is 9.50. The summed E-state index contributed by atoms with van der Waals surface area (Å²) in [5, 5.41) is 29.8. The molecule has 0 aromatic heterocycles. The smallest absolute Gasteiger partial charge is 0.119 e. The summed E-state index contributed by atoms with van der Waals surface area (Å²) in [5.41, 5.74) is 2.47. The van der Waals surface area contributed by atoms with Crippen LogP contribution in [0.3, 0.4) is 0 Å². The maximum absolute atomic E-state index is 10.0. The van der Waals surface area contributed by atoms with Crippen LogP contribution in [-0.2, 0) is 0 Å². The molecule has 0 amide bonds. The Bertz CT molecular complexity index is 712. The molecule has 2 saturated carbocycles. The molecule has 3 nitrogen and oxygen atoms in total. The molecule has 162 valence electrons. The van der Waals surface area contributed by atoms with Crippen molar-refractivity contribution in [1.29, 1.82) is 0 Å². The predicted molar refractivity (Wildman–Crippen MR) is 120 cm³/mol. The van der Waals surface area contributed by atoms with Crippen molar-refractivity contribution >= 4 is 0 Å². The Balaban J connectivity index is 2.07. The maximum atomic E-state index is 10.0. The minimum atomic E-state index is -0.925. The van der Waals surface area contributed by atoms with Gasteiger partial charge in [0.25, 0.3) is 0 Å². The van der Waals surface area contributed by atoms with Gasteiger partial charge >= 0.3 is 0 Å². The Hall–Kier alpha value is -1.34. The summed E-state index contributed by atoms with van der Waals surface area (Å²) in [5.74, 6) is 7.11. The lowest BCUT2D eigenvalue weighted by atomic mass is 9.62. The largest absolute Gasteiger partial charge is 0.393 e. The lowest BCUT2D eigenvalue weighted by Crippen LogP contribution is -2.33. The lowest BCUT2D eigenvalue weighted by molar-refractivity contribution is 0.0862. The fraction of sp³-hybridized carbons (Fsp3) is 0.692. The van der Waals surface area contributed by atoms with E-state index in [-0.39, 0.29) is 5.41 Å². The number of hydrogen-bond acceptors (Lipinski definition) is 3. The average molecular weight is 401 g/mol. The van der Waals surface area contributed by atoms with Crippen molar-refractivity contribution in [1.82, 2.24) is 0 Å². The summed E-state index contributed by atoms with van der Waals surface area (Å²) in [7, 11) is 0. The zero-order valence-electron chi connectivity index (χ0n) is 19.0. The first kappa shape index (κ1) is 23.9. The van der Waals surface area contributed by atoms with E-state index in [1.165, 1.54) is 18.4 Å². The maximum Gasteiger partial charge on any atom is 0.119 e. The van der Waals surface area contributed by atoms with Gasteiger partial charge in [0.2, 0.25) is 0 Å². The number of aliphatic hydroxyl groups is 3. The van der Waals surface area contributed by atoms with E-state index in [2.05, 4.69) is 51.3 Å². The number of rotatable bonds is 4. The monoisotopic (exact) mass is 400 g/mol. The molecule has 2 aliphatic rings. The second kappa shape index (κ2) is 9.65. The van der Waals surface area contributed by atoms with E-state index in [1.807, 2.05) is 0 Å². The molecular formula is C26H40O3. The van der Waals surface area contributed by atoms with Gasteiger partial charge in [-0.05, 0) is 74.3 Å². The quantitative estimate of drug-likeness (QED) is 0.587. The topological polar surface area (TPSA) is 60.7 Å². The summed E-state index contributed by atoms with van der Waals surface area (Å²) in [6, 6.07) is 0. The molecule has 3 heteroatoms.